The Kier molecular flexibility index (Phi) is 5.66. The van der Waals surface area contributed by atoms with Crippen LogP contribution in [0, 0.1) is 0 Å². The number of anilines is 1. The number of rotatable bonds is 7. The van der Waals surface area contributed by atoms with Gasteiger partial charge in [-0.05, 0) is 35.8 Å². The van der Waals surface area contributed by atoms with Gasteiger partial charge in [0.15, 0.2) is 0 Å². The fourth-order valence-corrected chi connectivity index (χ4v) is 2.69. The molecule has 0 aliphatic rings. The number of aromatic nitrogens is 4. The lowest BCUT2D eigenvalue weighted by Gasteiger charge is -2.11. The summed E-state index contributed by atoms with van der Waals surface area (Å²) >= 11 is 3.95. The molecule has 0 spiro atoms. The second-order valence-corrected chi connectivity index (χ2v) is 5.64. The molecule has 21 heavy (non-hydrogen) atoms. The van der Waals surface area contributed by atoms with Crippen LogP contribution in [0.25, 0.3) is 11.4 Å². The number of hydrogen-bond acceptors (Lipinski definition) is 4. The van der Waals surface area contributed by atoms with Crippen molar-refractivity contribution in [3.8, 4) is 11.4 Å². The highest BCUT2D eigenvalue weighted by atomic mass is 35.5. The first-order chi connectivity index (χ1) is 10.1. The maximum Gasteiger partial charge on any atom is 0.259 e. The number of unbranched alkanes of at least 4 members (excludes halogenated alkanes) is 2. The average molecular weight is 330 g/mol. The number of aryl methyl sites for hydroxylation is 1. The normalized spacial score (nSPS) is 12.3. The summed E-state index contributed by atoms with van der Waals surface area (Å²) in [6.45, 7) is 2.14. The van der Waals surface area contributed by atoms with Gasteiger partial charge in [0.25, 0.3) is 11.3 Å². The van der Waals surface area contributed by atoms with Gasteiger partial charge < -0.3 is 0 Å². The zero-order valence-corrected chi connectivity index (χ0v) is 13.0. The van der Waals surface area contributed by atoms with E-state index < -0.39 is 11.3 Å². The summed E-state index contributed by atoms with van der Waals surface area (Å²) in [5.41, 5.74) is 2.10. The second kappa shape index (κ2) is 7.48. The zero-order valence-electron chi connectivity index (χ0n) is 11.5. The molecule has 0 aliphatic heterocycles. The van der Waals surface area contributed by atoms with Crippen LogP contribution in [0.5, 0.6) is 0 Å². The number of nitrogens with zero attached hydrogens (tertiary/aromatic N) is 3. The Morgan fingerprint density at radius 3 is 2.86 bits per heavy atom. The van der Waals surface area contributed by atoms with Crippen LogP contribution in [0.4, 0.5) is 5.69 Å². The highest BCUT2D eigenvalue weighted by Gasteiger charge is 2.14. The molecule has 0 radical (unpaired) electrons. The van der Waals surface area contributed by atoms with Crippen molar-refractivity contribution in [2.24, 2.45) is 0 Å². The Balaban J connectivity index is 2.38. The molecule has 7 nitrogen and oxygen atoms in total. The molecule has 0 bridgehead atoms. The van der Waals surface area contributed by atoms with Crippen LogP contribution >= 0.6 is 11.6 Å². The summed E-state index contributed by atoms with van der Waals surface area (Å²) in [5, 5.41) is 14.3. The van der Waals surface area contributed by atoms with E-state index in [1.165, 1.54) is 0 Å². The molecule has 0 fully saturated rings. The van der Waals surface area contributed by atoms with E-state index in [1.807, 2.05) is 0 Å². The number of halogens is 1. The third-order valence-corrected chi connectivity index (χ3v) is 3.73. The maximum atomic E-state index is 10.9. The van der Waals surface area contributed by atoms with Crippen molar-refractivity contribution < 1.29 is 8.76 Å². The van der Waals surface area contributed by atoms with E-state index in [4.69, 9.17) is 16.2 Å². The molecule has 9 heteroatoms. The largest absolute Gasteiger partial charge is 0.289 e. The lowest BCUT2D eigenvalue weighted by molar-refractivity contribution is 0.570. The fraction of sp³-hybridized carbons (Fsp3) is 0.417. The summed E-state index contributed by atoms with van der Waals surface area (Å²) in [5.74, 6) is 0.435. The molecule has 2 rings (SSSR count). The zero-order chi connectivity index (χ0) is 15.2. The number of tetrazole rings is 1. The van der Waals surface area contributed by atoms with Crippen molar-refractivity contribution in [3.05, 3.63) is 22.7 Å². The quantitative estimate of drug-likeness (QED) is 0.535. The van der Waals surface area contributed by atoms with Crippen LogP contribution in [0.15, 0.2) is 12.1 Å². The van der Waals surface area contributed by atoms with Gasteiger partial charge in [-0.2, -0.15) is 5.21 Å². The summed E-state index contributed by atoms with van der Waals surface area (Å²) in [6, 6.07) is 3.45. The van der Waals surface area contributed by atoms with Crippen molar-refractivity contribution in [2.75, 3.05) is 4.72 Å². The van der Waals surface area contributed by atoms with Crippen molar-refractivity contribution in [3.63, 3.8) is 0 Å². The first-order valence-corrected chi connectivity index (χ1v) is 8.04. The lowest BCUT2D eigenvalue weighted by Crippen LogP contribution is -2.04. The van der Waals surface area contributed by atoms with Crippen LogP contribution in [-0.4, -0.2) is 29.4 Å². The second-order valence-electron chi connectivity index (χ2n) is 4.53. The van der Waals surface area contributed by atoms with Gasteiger partial charge in [0.1, 0.15) is 0 Å². The Morgan fingerprint density at radius 1 is 1.43 bits per heavy atom. The van der Waals surface area contributed by atoms with E-state index in [0.717, 1.165) is 36.8 Å². The average Bonchev–Trinajstić information content (AvgIpc) is 2.95. The molecule has 3 N–H and O–H groups in total. The molecule has 0 amide bonds. The molecule has 0 aliphatic carbocycles. The molecule has 1 atom stereocenters. The predicted octanol–water partition coefficient (Wildman–Crippen LogP) is 2.80. The Bertz CT molecular complexity index is 620. The number of aromatic amines is 1. The highest BCUT2D eigenvalue weighted by molar-refractivity contribution is 7.80. The minimum Gasteiger partial charge on any atom is -0.289 e. The summed E-state index contributed by atoms with van der Waals surface area (Å²) in [7, 11) is 0. The first-order valence-electron chi connectivity index (χ1n) is 6.55. The van der Waals surface area contributed by atoms with Gasteiger partial charge >= 0.3 is 0 Å². The third kappa shape index (κ3) is 4.23. The molecular formula is C12H16ClN5O2S. The molecular weight excluding hydrogens is 314 g/mol. The van der Waals surface area contributed by atoms with Crippen molar-refractivity contribution in [1.29, 1.82) is 0 Å². The Hall–Kier alpha value is -1.51. The molecule has 0 saturated heterocycles. The summed E-state index contributed by atoms with van der Waals surface area (Å²) in [4.78, 5) is 0. The topological polar surface area (TPSA) is 104 Å². The standard InChI is InChI=1S/C12H16ClN5O2S/c1-2-3-4-5-8-6-10(13)11(16-21(19)20)7-9(8)12-14-17-18-15-12/h6-7,16H,2-5H2,1H3,(H,19,20)(H,14,15,17,18). The molecule has 1 aromatic carbocycles. The molecule has 1 aromatic heterocycles. The fourth-order valence-electron chi connectivity index (χ4n) is 2.04. The molecule has 1 heterocycles. The van der Waals surface area contributed by atoms with Gasteiger partial charge in [-0.15, -0.1) is 10.2 Å². The monoisotopic (exact) mass is 329 g/mol. The van der Waals surface area contributed by atoms with Crippen molar-refractivity contribution in [1.82, 2.24) is 20.6 Å². The van der Waals surface area contributed by atoms with Gasteiger partial charge in [0.05, 0.1) is 10.7 Å². The number of nitrogens with one attached hydrogen (secondary N) is 2. The molecule has 2 aromatic rings. The minimum absolute atomic E-state index is 0.358. The number of H-pyrrole nitrogens is 1. The van der Waals surface area contributed by atoms with E-state index in [1.54, 1.807) is 12.1 Å². The van der Waals surface area contributed by atoms with Crippen LogP contribution in [0.1, 0.15) is 31.7 Å². The summed E-state index contributed by atoms with van der Waals surface area (Å²) in [6.07, 6.45) is 4.09. The first kappa shape index (κ1) is 15.9. The molecule has 1 unspecified atom stereocenters. The van der Waals surface area contributed by atoms with Crippen LogP contribution in [0.2, 0.25) is 5.02 Å². The highest BCUT2D eigenvalue weighted by Crippen LogP contribution is 2.32. The van der Waals surface area contributed by atoms with Gasteiger partial charge in [0, 0.05) is 5.56 Å². The van der Waals surface area contributed by atoms with Crippen LogP contribution in [-0.2, 0) is 17.7 Å². The Morgan fingerprint density at radius 2 is 2.24 bits per heavy atom. The number of hydrogen-bond donors (Lipinski definition) is 3. The van der Waals surface area contributed by atoms with E-state index in [9.17, 15) is 4.21 Å². The van der Waals surface area contributed by atoms with E-state index in [2.05, 4.69) is 32.3 Å². The molecule has 0 saturated carbocycles. The van der Waals surface area contributed by atoms with E-state index >= 15 is 0 Å². The van der Waals surface area contributed by atoms with Crippen molar-refractivity contribution >= 4 is 28.6 Å². The van der Waals surface area contributed by atoms with E-state index in [0.29, 0.717) is 16.5 Å². The maximum absolute atomic E-state index is 10.9. The van der Waals surface area contributed by atoms with Gasteiger partial charge in [-0.3, -0.25) is 9.27 Å². The van der Waals surface area contributed by atoms with Crippen molar-refractivity contribution in [2.45, 2.75) is 32.6 Å². The third-order valence-electron chi connectivity index (χ3n) is 3.03. The van der Waals surface area contributed by atoms with Crippen LogP contribution < -0.4 is 4.72 Å². The minimum atomic E-state index is -2.19. The number of benzene rings is 1. The van der Waals surface area contributed by atoms with E-state index in [-0.39, 0.29) is 0 Å². The van der Waals surface area contributed by atoms with Gasteiger partial charge in [0.2, 0.25) is 5.82 Å². The van der Waals surface area contributed by atoms with Gasteiger partial charge in [-0.1, -0.05) is 31.4 Å². The van der Waals surface area contributed by atoms with Crippen LogP contribution in [0.3, 0.4) is 0 Å². The lowest BCUT2D eigenvalue weighted by atomic mass is 10.00. The molecule has 114 valence electrons. The predicted molar refractivity (Wildman–Crippen MR) is 82.2 cm³/mol. The Labute approximate surface area is 129 Å². The smallest absolute Gasteiger partial charge is 0.259 e. The summed E-state index contributed by atoms with van der Waals surface area (Å²) < 4.78 is 22.2. The van der Waals surface area contributed by atoms with Gasteiger partial charge in [-0.25, -0.2) is 4.21 Å². The SMILES string of the molecule is CCCCCc1cc(Cl)c(NS(=O)O)cc1-c1nn[nH]n1.